The van der Waals surface area contributed by atoms with Gasteiger partial charge in [-0.25, -0.2) is 4.98 Å². The number of fused-ring (bicyclic) bond motifs is 1. The van der Waals surface area contributed by atoms with Crippen LogP contribution >= 0.6 is 11.3 Å². The molecule has 1 saturated carbocycles. The molecule has 0 radical (unpaired) electrons. The number of para-hydroxylation sites is 1. The Labute approximate surface area is 163 Å². The van der Waals surface area contributed by atoms with Gasteiger partial charge in [0, 0.05) is 18.3 Å². The Hall–Kier alpha value is -2.47. The number of methoxy groups -OCH3 is 1. The zero-order valence-electron chi connectivity index (χ0n) is 15.4. The van der Waals surface area contributed by atoms with Crippen molar-refractivity contribution in [2.75, 3.05) is 12.0 Å². The number of carbonyl (C=O) groups is 1. The fraction of sp³-hybridized carbons (Fsp3) is 0.381. The predicted molar refractivity (Wildman–Crippen MR) is 108 cm³/mol. The van der Waals surface area contributed by atoms with Crippen LogP contribution in [0, 0.1) is 5.92 Å². The van der Waals surface area contributed by atoms with E-state index in [1.54, 1.807) is 24.6 Å². The summed E-state index contributed by atoms with van der Waals surface area (Å²) in [5.74, 6) is 1.00. The van der Waals surface area contributed by atoms with E-state index < -0.39 is 0 Å². The Kier molecular flexibility index (Phi) is 5.34. The van der Waals surface area contributed by atoms with Crippen molar-refractivity contribution in [1.82, 2.24) is 9.97 Å². The molecule has 0 saturated heterocycles. The molecule has 2 aromatic heterocycles. The summed E-state index contributed by atoms with van der Waals surface area (Å²) in [5.41, 5.74) is 1.82. The molecule has 6 heteroatoms. The molecular weight excluding hydrogens is 358 g/mol. The van der Waals surface area contributed by atoms with Gasteiger partial charge in [0.05, 0.1) is 18.4 Å². The van der Waals surface area contributed by atoms with Gasteiger partial charge in [-0.15, -0.1) is 0 Å². The molecule has 1 fully saturated rings. The number of anilines is 1. The second-order valence-electron chi connectivity index (χ2n) is 6.92. The first kappa shape index (κ1) is 17.9. The molecule has 1 amide bonds. The van der Waals surface area contributed by atoms with E-state index >= 15 is 0 Å². The number of hydrogen-bond acceptors (Lipinski definition) is 5. The molecule has 0 atom stereocenters. The van der Waals surface area contributed by atoms with Crippen molar-refractivity contribution in [3.63, 3.8) is 0 Å². The van der Waals surface area contributed by atoms with Crippen LogP contribution in [0.5, 0.6) is 5.75 Å². The number of nitrogens with zero attached hydrogens (tertiary/aromatic N) is 3. The number of thiazole rings is 1. The van der Waals surface area contributed by atoms with Gasteiger partial charge in [-0.05, 0) is 36.6 Å². The van der Waals surface area contributed by atoms with Crippen molar-refractivity contribution in [2.45, 2.75) is 38.6 Å². The van der Waals surface area contributed by atoms with Crippen molar-refractivity contribution < 1.29 is 9.53 Å². The number of pyridine rings is 1. The molecule has 0 N–H and O–H groups in total. The van der Waals surface area contributed by atoms with Gasteiger partial charge in [0.25, 0.3) is 0 Å². The number of ether oxygens (including phenoxy) is 1. The molecule has 5 nitrogen and oxygen atoms in total. The average molecular weight is 382 g/mol. The second kappa shape index (κ2) is 8.05. The topological polar surface area (TPSA) is 55.3 Å². The fourth-order valence-electron chi connectivity index (χ4n) is 3.68. The zero-order chi connectivity index (χ0) is 18.6. The van der Waals surface area contributed by atoms with Crippen LogP contribution in [-0.4, -0.2) is 23.0 Å². The number of rotatable bonds is 5. The van der Waals surface area contributed by atoms with E-state index in [0.717, 1.165) is 52.3 Å². The number of benzene rings is 1. The van der Waals surface area contributed by atoms with Crippen LogP contribution < -0.4 is 9.64 Å². The normalized spacial score (nSPS) is 15.0. The minimum absolute atomic E-state index is 0.0873. The van der Waals surface area contributed by atoms with Crippen LogP contribution in [0.15, 0.2) is 42.7 Å². The van der Waals surface area contributed by atoms with E-state index in [2.05, 4.69) is 4.98 Å². The summed E-state index contributed by atoms with van der Waals surface area (Å²) in [5, 5.41) is 0.730. The maximum Gasteiger partial charge on any atom is 0.232 e. The van der Waals surface area contributed by atoms with Gasteiger partial charge in [-0.2, -0.15) is 0 Å². The van der Waals surface area contributed by atoms with Gasteiger partial charge < -0.3 is 4.74 Å². The van der Waals surface area contributed by atoms with Crippen LogP contribution in [0.1, 0.15) is 37.7 Å². The van der Waals surface area contributed by atoms with E-state index in [1.165, 1.54) is 6.42 Å². The van der Waals surface area contributed by atoms with Crippen LogP contribution in [0.2, 0.25) is 0 Å². The van der Waals surface area contributed by atoms with Gasteiger partial charge in [0.1, 0.15) is 11.3 Å². The van der Waals surface area contributed by atoms with Crippen LogP contribution in [0.25, 0.3) is 10.2 Å². The second-order valence-corrected chi connectivity index (χ2v) is 7.93. The van der Waals surface area contributed by atoms with Gasteiger partial charge in [0.2, 0.25) is 5.91 Å². The van der Waals surface area contributed by atoms with Crippen LogP contribution in [0.4, 0.5) is 5.13 Å². The highest BCUT2D eigenvalue weighted by atomic mass is 32.1. The molecule has 0 aliphatic heterocycles. The molecule has 1 aliphatic rings. The summed E-state index contributed by atoms with van der Waals surface area (Å²) >= 11 is 1.54. The van der Waals surface area contributed by atoms with E-state index in [1.807, 2.05) is 41.4 Å². The summed E-state index contributed by atoms with van der Waals surface area (Å²) in [4.78, 5) is 24.2. The Bertz CT molecular complexity index is 920. The molecule has 27 heavy (non-hydrogen) atoms. The van der Waals surface area contributed by atoms with E-state index in [4.69, 9.17) is 9.72 Å². The van der Waals surface area contributed by atoms with Crippen molar-refractivity contribution >= 4 is 32.6 Å². The molecule has 4 rings (SSSR count). The lowest BCUT2D eigenvalue weighted by atomic mass is 9.88. The number of carbonyl (C=O) groups excluding carboxylic acids is 1. The summed E-state index contributed by atoms with van der Waals surface area (Å²) < 4.78 is 6.47. The Morgan fingerprint density at radius 3 is 2.81 bits per heavy atom. The predicted octanol–water partition coefficient (Wildman–Crippen LogP) is 4.81. The molecule has 140 valence electrons. The largest absolute Gasteiger partial charge is 0.494 e. The fourth-order valence-corrected chi connectivity index (χ4v) is 4.66. The number of aromatic nitrogens is 2. The first-order valence-electron chi connectivity index (χ1n) is 9.40. The summed E-state index contributed by atoms with van der Waals surface area (Å²) in [6.45, 7) is 0.491. The molecule has 0 spiro atoms. The zero-order valence-corrected chi connectivity index (χ0v) is 16.2. The lowest BCUT2D eigenvalue weighted by Gasteiger charge is -2.27. The van der Waals surface area contributed by atoms with E-state index in [9.17, 15) is 4.79 Å². The Morgan fingerprint density at radius 1 is 1.22 bits per heavy atom. The monoisotopic (exact) mass is 381 g/mol. The molecule has 0 bridgehead atoms. The Morgan fingerprint density at radius 2 is 2.07 bits per heavy atom. The van der Waals surface area contributed by atoms with Crippen LogP contribution in [-0.2, 0) is 11.3 Å². The summed E-state index contributed by atoms with van der Waals surface area (Å²) in [6.07, 6.45) is 8.99. The quantitative estimate of drug-likeness (QED) is 0.636. The first-order chi connectivity index (χ1) is 13.3. The third-order valence-corrected chi connectivity index (χ3v) is 6.15. The third-order valence-electron chi connectivity index (χ3n) is 5.11. The number of hydrogen-bond donors (Lipinski definition) is 0. The standard InChI is InChI=1S/C21H23N3O2S/c1-26-17-10-5-11-18-19(17)23-21(27-18)24(14-15-7-6-12-22-13-15)20(25)16-8-3-2-4-9-16/h5-7,10-13,16H,2-4,8-9,14H2,1H3. The molecule has 0 unspecified atom stereocenters. The Balaban J connectivity index is 1.71. The van der Waals surface area contributed by atoms with Crippen molar-refractivity contribution in [3.05, 3.63) is 48.3 Å². The average Bonchev–Trinajstić information content (AvgIpc) is 3.17. The van der Waals surface area contributed by atoms with E-state index in [0.29, 0.717) is 6.54 Å². The summed E-state index contributed by atoms with van der Waals surface area (Å²) in [6, 6.07) is 9.78. The van der Waals surface area contributed by atoms with Crippen molar-refractivity contribution in [1.29, 1.82) is 0 Å². The molecule has 1 aromatic carbocycles. The first-order valence-corrected chi connectivity index (χ1v) is 10.2. The molecule has 1 aliphatic carbocycles. The molecule has 2 heterocycles. The third kappa shape index (κ3) is 3.81. The maximum atomic E-state index is 13.4. The minimum Gasteiger partial charge on any atom is -0.494 e. The number of amides is 1. The maximum absolute atomic E-state index is 13.4. The minimum atomic E-state index is 0.0873. The molecular formula is C21H23N3O2S. The molecule has 3 aromatic rings. The van der Waals surface area contributed by atoms with Gasteiger partial charge in [-0.1, -0.05) is 42.7 Å². The van der Waals surface area contributed by atoms with Crippen LogP contribution in [0.3, 0.4) is 0 Å². The summed E-state index contributed by atoms with van der Waals surface area (Å²) in [7, 11) is 1.65. The van der Waals surface area contributed by atoms with Crippen molar-refractivity contribution in [3.8, 4) is 5.75 Å². The smallest absolute Gasteiger partial charge is 0.232 e. The highest BCUT2D eigenvalue weighted by Crippen LogP contribution is 2.36. The van der Waals surface area contributed by atoms with Crippen molar-refractivity contribution in [2.24, 2.45) is 5.92 Å². The SMILES string of the molecule is COc1cccc2sc(N(Cc3cccnc3)C(=O)C3CCCCC3)nc12. The highest BCUT2D eigenvalue weighted by Gasteiger charge is 2.29. The lowest BCUT2D eigenvalue weighted by Crippen LogP contribution is -2.36. The van der Waals surface area contributed by atoms with Gasteiger partial charge in [-0.3, -0.25) is 14.7 Å². The lowest BCUT2D eigenvalue weighted by molar-refractivity contribution is -0.123. The van der Waals surface area contributed by atoms with Gasteiger partial charge >= 0.3 is 0 Å². The highest BCUT2D eigenvalue weighted by molar-refractivity contribution is 7.22. The van der Waals surface area contributed by atoms with Gasteiger partial charge in [0.15, 0.2) is 5.13 Å². The van der Waals surface area contributed by atoms with E-state index in [-0.39, 0.29) is 11.8 Å².